The quantitative estimate of drug-likeness (QED) is 0.484. The molecule has 0 radical (unpaired) electrons. The zero-order valence-corrected chi connectivity index (χ0v) is 21.9. The molecule has 3 aromatic rings. The highest BCUT2D eigenvalue weighted by atomic mass is 35.5. The molecule has 10 heteroatoms. The first-order valence-corrected chi connectivity index (χ1v) is 12.4. The number of amides is 2. The fraction of sp³-hybridized carbons (Fsp3) is 0.423. The molecule has 0 aliphatic carbocycles. The summed E-state index contributed by atoms with van der Waals surface area (Å²) >= 11 is 5.81. The summed E-state index contributed by atoms with van der Waals surface area (Å²) in [5.41, 5.74) is 9.26. The molecule has 0 atom stereocenters. The zero-order chi connectivity index (χ0) is 26.3. The number of benzene rings is 1. The van der Waals surface area contributed by atoms with E-state index in [0.717, 1.165) is 37.1 Å². The summed E-state index contributed by atoms with van der Waals surface area (Å²) in [4.78, 5) is 38.1. The van der Waals surface area contributed by atoms with Crippen LogP contribution in [0, 0.1) is 0 Å². The summed E-state index contributed by atoms with van der Waals surface area (Å²) in [7, 11) is 1.56. The number of ether oxygens (including phenoxy) is 1. The van der Waals surface area contributed by atoms with Gasteiger partial charge in [0.15, 0.2) is 5.82 Å². The van der Waals surface area contributed by atoms with E-state index in [9.17, 15) is 9.59 Å². The third kappa shape index (κ3) is 7.04. The van der Waals surface area contributed by atoms with Crippen molar-refractivity contribution in [2.45, 2.75) is 51.5 Å². The van der Waals surface area contributed by atoms with E-state index in [-0.39, 0.29) is 23.4 Å². The lowest BCUT2D eigenvalue weighted by Crippen LogP contribution is -2.39. The second-order valence-electron chi connectivity index (χ2n) is 9.45. The number of carbonyl (C=O) groups excluding carboxylic acids is 2. The largest absolute Gasteiger partial charge is 0.444 e. The van der Waals surface area contributed by atoms with Gasteiger partial charge in [0, 0.05) is 31.6 Å². The second kappa shape index (κ2) is 12.0. The molecule has 1 fully saturated rings. The molecule has 2 aromatic heterocycles. The van der Waals surface area contributed by atoms with Crippen molar-refractivity contribution in [1.82, 2.24) is 25.2 Å². The van der Waals surface area contributed by atoms with Crippen LogP contribution in [-0.2, 0) is 10.6 Å². The van der Waals surface area contributed by atoms with Gasteiger partial charge in [-0.3, -0.25) is 4.79 Å². The smallest absolute Gasteiger partial charge is 0.410 e. The number of anilines is 1. The van der Waals surface area contributed by atoms with Crippen molar-refractivity contribution in [2.24, 2.45) is 0 Å². The number of rotatable bonds is 3. The molecule has 0 saturated carbocycles. The number of fused-ring (bicyclic) bond motifs is 1. The number of piperidine rings is 1. The highest BCUT2D eigenvalue weighted by molar-refractivity contribution is 6.17. The number of likely N-dealkylation sites (tertiary alicyclic amines) is 1. The van der Waals surface area contributed by atoms with Crippen molar-refractivity contribution >= 4 is 40.5 Å². The van der Waals surface area contributed by atoms with Crippen LogP contribution in [0.1, 0.15) is 56.0 Å². The van der Waals surface area contributed by atoms with Crippen molar-refractivity contribution in [2.75, 3.05) is 25.9 Å². The van der Waals surface area contributed by atoms with Gasteiger partial charge in [-0.2, -0.15) is 0 Å². The van der Waals surface area contributed by atoms with Gasteiger partial charge < -0.3 is 20.7 Å². The number of nitrogens with two attached hydrogens (primary N) is 1. The van der Waals surface area contributed by atoms with E-state index < -0.39 is 0 Å². The second-order valence-corrected chi connectivity index (χ2v) is 9.72. The fourth-order valence-corrected chi connectivity index (χ4v) is 3.86. The molecule has 2 amide bonds. The maximum Gasteiger partial charge on any atom is 0.410 e. The van der Waals surface area contributed by atoms with Crippen molar-refractivity contribution in [3.8, 4) is 11.3 Å². The summed E-state index contributed by atoms with van der Waals surface area (Å²) in [6.45, 7) is 7.41. The van der Waals surface area contributed by atoms with Gasteiger partial charge in [0.2, 0.25) is 0 Å². The molecule has 0 spiro atoms. The van der Waals surface area contributed by atoms with Crippen molar-refractivity contribution in [3.05, 3.63) is 47.8 Å². The van der Waals surface area contributed by atoms with Crippen molar-refractivity contribution < 1.29 is 14.3 Å². The Morgan fingerprint density at radius 1 is 1.08 bits per heavy atom. The maximum absolute atomic E-state index is 12.2. The van der Waals surface area contributed by atoms with E-state index in [0.29, 0.717) is 28.2 Å². The van der Waals surface area contributed by atoms with E-state index in [1.165, 1.54) is 12.7 Å². The summed E-state index contributed by atoms with van der Waals surface area (Å²) in [6, 6.07) is 9.33. The molecule has 1 aromatic carbocycles. The van der Waals surface area contributed by atoms with E-state index in [1.807, 2.05) is 45.0 Å². The normalized spacial score (nSPS) is 13.5. The lowest BCUT2D eigenvalue weighted by atomic mass is 10.1. The first-order chi connectivity index (χ1) is 17.1. The van der Waals surface area contributed by atoms with Gasteiger partial charge in [0.25, 0.3) is 5.91 Å². The minimum absolute atomic E-state index is 0.160. The van der Waals surface area contributed by atoms with E-state index in [4.69, 9.17) is 22.1 Å². The van der Waals surface area contributed by atoms with Gasteiger partial charge >= 0.3 is 6.09 Å². The predicted octanol–water partition coefficient (Wildman–Crippen LogP) is 4.78. The lowest BCUT2D eigenvalue weighted by molar-refractivity contribution is 0.0216. The molecule has 3 N–H and O–H groups in total. The molecular weight excluding hydrogens is 480 g/mol. The number of nitrogens with one attached hydrogen (secondary N) is 1. The lowest BCUT2D eigenvalue weighted by Gasteiger charge is -2.29. The SMILES string of the molecule is CC(C)(C)OC(=O)N1CCCCC1.CNC(=O)c1cc(-c2ccc(CCl)cc2)nc2c(N)ncnc12. The van der Waals surface area contributed by atoms with Crippen LogP contribution >= 0.6 is 11.6 Å². The first kappa shape index (κ1) is 27.1. The number of nitrogen functional groups attached to an aromatic ring is 1. The van der Waals surface area contributed by atoms with Crippen LogP contribution in [0.3, 0.4) is 0 Å². The van der Waals surface area contributed by atoms with Gasteiger partial charge in [-0.1, -0.05) is 24.3 Å². The Balaban J connectivity index is 0.000000236. The average molecular weight is 513 g/mol. The topological polar surface area (TPSA) is 123 Å². The van der Waals surface area contributed by atoms with E-state index >= 15 is 0 Å². The Labute approximate surface area is 216 Å². The number of alkyl halides is 1. The maximum atomic E-state index is 12.2. The first-order valence-electron chi connectivity index (χ1n) is 11.9. The van der Waals surface area contributed by atoms with Crippen molar-refractivity contribution in [3.63, 3.8) is 0 Å². The average Bonchev–Trinajstić information content (AvgIpc) is 2.88. The van der Waals surface area contributed by atoms with Gasteiger partial charge in [0.05, 0.1) is 11.3 Å². The Morgan fingerprint density at radius 2 is 1.75 bits per heavy atom. The van der Waals surface area contributed by atoms with Crippen LogP contribution in [0.4, 0.5) is 10.6 Å². The molecule has 1 saturated heterocycles. The number of aromatic nitrogens is 3. The Hall–Kier alpha value is -3.46. The van der Waals surface area contributed by atoms with E-state index in [2.05, 4.69) is 20.3 Å². The van der Waals surface area contributed by atoms with Gasteiger partial charge in [-0.25, -0.2) is 19.7 Å². The third-order valence-corrected chi connectivity index (χ3v) is 5.81. The molecule has 1 aliphatic rings. The summed E-state index contributed by atoms with van der Waals surface area (Å²) < 4.78 is 5.26. The molecule has 1 aliphatic heterocycles. The van der Waals surface area contributed by atoms with Crippen LogP contribution in [0.25, 0.3) is 22.3 Å². The molecule has 9 nitrogen and oxygen atoms in total. The number of halogens is 1. The van der Waals surface area contributed by atoms with Gasteiger partial charge in [0.1, 0.15) is 23.0 Å². The third-order valence-electron chi connectivity index (χ3n) is 5.50. The fourth-order valence-electron chi connectivity index (χ4n) is 3.68. The van der Waals surface area contributed by atoms with Crippen LogP contribution in [0.5, 0.6) is 0 Å². The molecular formula is C26H33ClN6O3. The van der Waals surface area contributed by atoms with E-state index in [1.54, 1.807) is 18.0 Å². The van der Waals surface area contributed by atoms with Gasteiger partial charge in [-0.05, 0) is 51.7 Å². The predicted molar refractivity (Wildman–Crippen MR) is 142 cm³/mol. The molecule has 4 rings (SSSR count). The number of hydrogen-bond donors (Lipinski definition) is 2. The Kier molecular flexibility index (Phi) is 9.03. The summed E-state index contributed by atoms with van der Waals surface area (Å²) in [5, 5.41) is 2.60. The van der Waals surface area contributed by atoms with Crippen LogP contribution in [-0.4, -0.2) is 57.6 Å². The minimum Gasteiger partial charge on any atom is -0.444 e. The number of nitrogens with zero attached hydrogens (tertiary/aromatic N) is 4. The summed E-state index contributed by atoms with van der Waals surface area (Å²) in [6.07, 6.45) is 4.62. The Morgan fingerprint density at radius 3 is 2.33 bits per heavy atom. The molecule has 36 heavy (non-hydrogen) atoms. The zero-order valence-electron chi connectivity index (χ0n) is 21.2. The number of hydrogen-bond acceptors (Lipinski definition) is 7. The highest BCUT2D eigenvalue weighted by Gasteiger charge is 2.23. The number of carbonyl (C=O) groups is 2. The molecule has 3 heterocycles. The Bertz CT molecular complexity index is 1200. The van der Waals surface area contributed by atoms with Crippen LogP contribution in [0.15, 0.2) is 36.7 Å². The summed E-state index contributed by atoms with van der Waals surface area (Å²) in [5.74, 6) is 0.420. The number of pyridine rings is 1. The van der Waals surface area contributed by atoms with Crippen LogP contribution < -0.4 is 11.1 Å². The van der Waals surface area contributed by atoms with Gasteiger partial charge in [-0.15, -0.1) is 11.6 Å². The molecule has 0 unspecified atom stereocenters. The molecule has 192 valence electrons. The monoisotopic (exact) mass is 512 g/mol. The molecule has 0 bridgehead atoms. The standard InChI is InChI=1S/C16H14ClN5O.C10H19NO2/c1-19-16(23)11-6-12(10-4-2-9(7-17)3-5-10)22-14-13(11)20-8-21-15(14)18;1-10(2,3)13-9(12)11-7-5-4-6-8-11/h2-6,8H,7H2,1H3,(H,19,23)(H2,18,20,21);4-8H2,1-3H3. The minimum atomic E-state index is -0.367. The van der Waals surface area contributed by atoms with Crippen molar-refractivity contribution in [1.29, 1.82) is 0 Å². The highest BCUT2D eigenvalue weighted by Crippen LogP contribution is 2.26. The van der Waals surface area contributed by atoms with Crippen LogP contribution in [0.2, 0.25) is 0 Å².